The molecule has 3 N–H and O–H groups in total. The molecular weight excluding hydrogens is 428 g/mol. The van der Waals surface area contributed by atoms with E-state index in [1.54, 1.807) is 55.6 Å². The van der Waals surface area contributed by atoms with Crippen molar-refractivity contribution in [2.24, 2.45) is 5.10 Å². The summed E-state index contributed by atoms with van der Waals surface area (Å²) in [5.41, 5.74) is 3.38. The number of carbonyl (C=O) groups excluding carboxylic acids is 3. The number of hydrazone groups is 1. The molecule has 0 unspecified atom stereocenters. The SMILES string of the molecule is COc1cccc(NC(=O)COc2cccc(/C=N\NC(=O)C(=O)NC[C@H]3CCCO3)c2)c1. The lowest BCUT2D eigenvalue weighted by molar-refractivity contribution is -0.139. The molecule has 10 heteroatoms. The van der Waals surface area contributed by atoms with E-state index in [0.717, 1.165) is 12.8 Å². The van der Waals surface area contributed by atoms with Crippen LogP contribution < -0.4 is 25.5 Å². The fourth-order valence-electron chi connectivity index (χ4n) is 3.04. The van der Waals surface area contributed by atoms with Gasteiger partial charge in [0, 0.05) is 24.9 Å². The maximum Gasteiger partial charge on any atom is 0.329 e. The Morgan fingerprint density at radius 1 is 1.12 bits per heavy atom. The Morgan fingerprint density at radius 2 is 1.94 bits per heavy atom. The number of anilines is 1. The second-order valence-electron chi connectivity index (χ2n) is 7.19. The fourth-order valence-corrected chi connectivity index (χ4v) is 3.04. The Balaban J connectivity index is 1.42. The summed E-state index contributed by atoms with van der Waals surface area (Å²) in [6, 6.07) is 13.8. The predicted molar refractivity (Wildman–Crippen MR) is 121 cm³/mol. The first-order valence-corrected chi connectivity index (χ1v) is 10.4. The third-order valence-corrected chi connectivity index (χ3v) is 4.68. The minimum atomic E-state index is -0.870. The molecule has 1 saturated heterocycles. The van der Waals surface area contributed by atoms with Crippen LogP contribution in [-0.2, 0) is 19.1 Å². The van der Waals surface area contributed by atoms with E-state index >= 15 is 0 Å². The normalized spacial score (nSPS) is 15.1. The third kappa shape index (κ3) is 7.93. The van der Waals surface area contributed by atoms with Gasteiger partial charge >= 0.3 is 11.8 Å². The molecule has 0 saturated carbocycles. The molecule has 1 aliphatic rings. The van der Waals surface area contributed by atoms with Gasteiger partial charge in [0.1, 0.15) is 11.5 Å². The molecule has 2 aromatic carbocycles. The molecule has 0 aromatic heterocycles. The maximum absolute atomic E-state index is 12.1. The zero-order valence-electron chi connectivity index (χ0n) is 18.2. The van der Waals surface area contributed by atoms with Gasteiger partial charge in [-0.05, 0) is 42.7 Å². The smallest absolute Gasteiger partial charge is 0.329 e. The molecule has 1 fully saturated rings. The van der Waals surface area contributed by atoms with E-state index in [2.05, 4.69) is 21.2 Å². The van der Waals surface area contributed by atoms with Crippen LogP contribution in [0.3, 0.4) is 0 Å². The minimum absolute atomic E-state index is 0.0504. The lowest BCUT2D eigenvalue weighted by Gasteiger charge is -2.09. The molecule has 0 radical (unpaired) electrons. The lowest BCUT2D eigenvalue weighted by atomic mass is 10.2. The number of benzene rings is 2. The summed E-state index contributed by atoms with van der Waals surface area (Å²) in [6.45, 7) is 0.771. The van der Waals surface area contributed by atoms with Gasteiger partial charge in [-0.2, -0.15) is 5.10 Å². The molecule has 1 atom stereocenters. The molecule has 1 aliphatic heterocycles. The van der Waals surface area contributed by atoms with E-state index in [0.29, 0.717) is 35.9 Å². The van der Waals surface area contributed by atoms with Crippen LogP contribution in [0.15, 0.2) is 53.6 Å². The zero-order chi connectivity index (χ0) is 23.5. The summed E-state index contributed by atoms with van der Waals surface area (Å²) in [6.07, 6.45) is 3.13. The van der Waals surface area contributed by atoms with Crippen molar-refractivity contribution in [3.63, 3.8) is 0 Å². The van der Waals surface area contributed by atoms with Crippen LogP contribution in [0.4, 0.5) is 5.69 Å². The molecule has 10 nitrogen and oxygen atoms in total. The van der Waals surface area contributed by atoms with Gasteiger partial charge in [-0.25, -0.2) is 5.43 Å². The van der Waals surface area contributed by atoms with Gasteiger partial charge < -0.3 is 24.8 Å². The van der Waals surface area contributed by atoms with Crippen molar-refractivity contribution in [2.75, 3.05) is 32.2 Å². The van der Waals surface area contributed by atoms with Crippen molar-refractivity contribution in [1.82, 2.24) is 10.7 Å². The quantitative estimate of drug-likeness (QED) is 0.299. The van der Waals surface area contributed by atoms with Gasteiger partial charge in [0.05, 0.1) is 19.4 Å². The number of rotatable bonds is 9. The first-order chi connectivity index (χ1) is 16.0. The monoisotopic (exact) mass is 454 g/mol. The number of hydrogen-bond acceptors (Lipinski definition) is 7. The Labute approximate surface area is 191 Å². The summed E-state index contributed by atoms with van der Waals surface area (Å²) in [4.78, 5) is 35.7. The van der Waals surface area contributed by atoms with Gasteiger partial charge in [-0.3, -0.25) is 14.4 Å². The molecule has 0 spiro atoms. The number of ether oxygens (including phenoxy) is 3. The van der Waals surface area contributed by atoms with Gasteiger partial charge in [-0.15, -0.1) is 0 Å². The van der Waals surface area contributed by atoms with E-state index in [-0.39, 0.29) is 18.6 Å². The molecule has 0 aliphatic carbocycles. The fraction of sp³-hybridized carbons (Fsp3) is 0.304. The number of carbonyl (C=O) groups is 3. The summed E-state index contributed by atoms with van der Waals surface area (Å²) < 4.78 is 16.0. The number of nitrogens with one attached hydrogen (secondary N) is 3. The van der Waals surface area contributed by atoms with Crippen LogP contribution in [0, 0.1) is 0 Å². The molecule has 2 aromatic rings. The highest BCUT2D eigenvalue weighted by Gasteiger charge is 2.18. The first-order valence-electron chi connectivity index (χ1n) is 10.4. The first kappa shape index (κ1) is 23.7. The number of methoxy groups -OCH3 is 1. The van der Waals surface area contributed by atoms with Crippen molar-refractivity contribution in [2.45, 2.75) is 18.9 Å². The highest BCUT2D eigenvalue weighted by atomic mass is 16.5. The Kier molecular flexibility index (Phi) is 8.78. The van der Waals surface area contributed by atoms with E-state index < -0.39 is 11.8 Å². The second kappa shape index (κ2) is 12.2. The molecule has 3 rings (SSSR count). The molecular formula is C23H26N4O6. The van der Waals surface area contributed by atoms with Crippen molar-refractivity contribution >= 4 is 29.6 Å². The summed E-state index contributed by atoms with van der Waals surface area (Å²) in [7, 11) is 1.55. The zero-order valence-corrected chi connectivity index (χ0v) is 18.2. The van der Waals surface area contributed by atoms with Crippen LogP contribution in [0.25, 0.3) is 0 Å². The highest BCUT2D eigenvalue weighted by molar-refractivity contribution is 6.35. The van der Waals surface area contributed by atoms with Crippen molar-refractivity contribution in [3.8, 4) is 11.5 Å². The second-order valence-corrected chi connectivity index (χ2v) is 7.19. The number of nitrogens with zero attached hydrogens (tertiary/aromatic N) is 1. The Morgan fingerprint density at radius 3 is 2.73 bits per heavy atom. The van der Waals surface area contributed by atoms with Crippen molar-refractivity contribution in [1.29, 1.82) is 0 Å². The maximum atomic E-state index is 12.1. The molecule has 174 valence electrons. The Bertz CT molecular complexity index is 1000. The summed E-state index contributed by atoms with van der Waals surface area (Å²) in [5, 5.41) is 9.03. The number of amides is 3. The van der Waals surface area contributed by atoms with Gasteiger partial charge in [0.15, 0.2) is 6.61 Å². The molecule has 0 bridgehead atoms. The largest absolute Gasteiger partial charge is 0.497 e. The van der Waals surface area contributed by atoms with Gasteiger partial charge in [0.2, 0.25) is 0 Å². The summed E-state index contributed by atoms with van der Waals surface area (Å²) >= 11 is 0. The Hall–Kier alpha value is -3.92. The lowest BCUT2D eigenvalue weighted by Crippen LogP contribution is -2.41. The highest BCUT2D eigenvalue weighted by Crippen LogP contribution is 2.17. The predicted octanol–water partition coefficient (Wildman–Crippen LogP) is 1.46. The molecule has 33 heavy (non-hydrogen) atoms. The van der Waals surface area contributed by atoms with Crippen LogP contribution in [0.5, 0.6) is 11.5 Å². The van der Waals surface area contributed by atoms with E-state index in [9.17, 15) is 14.4 Å². The summed E-state index contributed by atoms with van der Waals surface area (Å²) in [5.74, 6) is -0.898. The standard InChI is InChI=1S/C23H26N4O6/c1-31-18-7-3-6-17(12-18)26-21(28)15-33-19-8-2-5-16(11-19)13-25-27-23(30)22(29)24-14-20-9-4-10-32-20/h2-3,5-8,11-13,20H,4,9-10,14-15H2,1H3,(H,24,29)(H,26,28)(H,27,30)/b25-13-/t20-/m1/s1. The molecule has 1 heterocycles. The molecule has 3 amide bonds. The van der Waals surface area contributed by atoms with Gasteiger partial charge in [-0.1, -0.05) is 18.2 Å². The van der Waals surface area contributed by atoms with E-state index in [4.69, 9.17) is 14.2 Å². The van der Waals surface area contributed by atoms with E-state index in [1.165, 1.54) is 6.21 Å². The van der Waals surface area contributed by atoms with E-state index in [1.807, 2.05) is 0 Å². The van der Waals surface area contributed by atoms with Crippen molar-refractivity contribution < 1.29 is 28.6 Å². The average molecular weight is 454 g/mol. The van der Waals surface area contributed by atoms with Gasteiger partial charge in [0.25, 0.3) is 5.91 Å². The van der Waals surface area contributed by atoms with Crippen molar-refractivity contribution in [3.05, 3.63) is 54.1 Å². The third-order valence-electron chi connectivity index (χ3n) is 4.68. The van der Waals surface area contributed by atoms with Crippen LogP contribution in [0.1, 0.15) is 18.4 Å². The topological polar surface area (TPSA) is 127 Å². The average Bonchev–Trinajstić information content (AvgIpc) is 3.35. The minimum Gasteiger partial charge on any atom is -0.497 e. The van der Waals surface area contributed by atoms with Crippen LogP contribution in [-0.4, -0.2) is 56.9 Å². The van der Waals surface area contributed by atoms with Crippen LogP contribution >= 0.6 is 0 Å². The van der Waals surface area contributed by atoms with Crippen LogP contribution in [0.2, 0.25) is 0 Å². The number of hydrogen-bond donors (Lipinski definition) is 3.